The van der Waals surface area contributed by atoms with Gasteiger partial charge < -0.3 is 5.11 Å². The summed E-state index contributed by atoms with van der Waals surface area (Å²) in [7, 11) is -0.445. The van der Waals surface area contributed by atoms with E-state index in [0.29, 0.717) is 0 Å². The summed E-state index contributed by atoms with van der Waals surface area (Å²) in [6.07, 6.45) is 0. The highest BCUT2D eigenvalue weighted by atomic mass is 32.2. The maximum absolute atomic E-state index is 11.6. The molecule has 5 nitrogen and oxygen atoms in total. The largest absolute Gasteiger partial charge is 0.395 e. The molecule has 6 heteroatoms. The second kappa shape index (κ2) is 4.90. The molecular formula is C7H18N2O3S. The smallest absolute Gasteiger partial charge is 0.281 e. The Morgan fingerprint density at radius 1 is 1.31 bits per heavy atom. The lowest BCUT2D eigenvalue weighted by Crippen LogP contribution is -2.45. The van der Waals surface area contributed by atoms with Crippen molar-refractivity contribution in [1.82, 2.24) is 8.61 Å². The number of aliphatic hydroxyl groups excluding tert-OH is 1. The third-order valence-electron chi connectivity index (χ3n) is 1.65. The van der Waals surface area contributed by atoms with Crippen molar-refractivity contribution in [3.05, 3.63) is 0 Å². The fraction of sp³-hybridized carbons (Fsp3) is 1.00. The van der Waals surface area contributed by atoms with Gasteiger partial charge in [0.1, 0.15) is 0 Å². The summed E-state index contributed by atoms with van der Waals surface area (Å²) in [6, 6.07) is -0.139. The Balaban J connectivity index is 4.74. The summed E-state index contributed by atoms with van der Waals surface area (Å²) >= 11 is 0. The van der Waals surface area contributed by atoms with Crippen LogP contribution in [0.3, 0.4) is 0 Å². The van der Waals surface area contributed by atoms with Crippen LogP contribution < -0.4 is 0 Å². The molecule has 0 aromatic carbocycles. The predicted molar refractivity (Wildman–Crippen MR) is 51.5 cm³/mol. The van der Waals surface area contributed by atoms with Gasteiger partial charge in [-0.2, -0.15) is 17.0 Å². The maximum Gasteiger partial charge on any atom is 0.281 e. The number of rotatable bonds is 5. The van der Waals surface area contributed by atoms with Crippen molar-refractivity contribution in [3.63, 3.8) is 0 Å². The first kappa shape index (κ1) is 12.8. The molecule has 0 atom stereocenters. The van der Waals surface area contributed by atoms with E-state index in [1.165, 1.54) is 18.4 Å². The molecule has 0 aliphatic carbocycles. The summed E-state index contributed by atoms with van der Waals surface area (Å²) in [4.78, 5) is 0. The molecule has 0 radical (unpaired) electrons. The normalized spacial score (nSPS) is 13.2. The standard InChI is InChI=1S/C7H18N2O3S/c1-7(2)9(5-6-10)13(11,12)8(3)4/h7,10H,5-6H2,1-4H3. The lowest BCUT2D eigenvalue weighted by molar-refractivity contribution is 0.230. The zero-order chi connectivity index (χ0) is 10.6. The van der Waals surface area contributed by atoms with Crippen molar-refractivity contribution in [2.75, 3.05) is 27.2 Å². The zero-order valence-electron chi connectivity index (χ0n) is 8.56. The van der Waals surface area contributed by atoms with Crippen LogP contribution in [0.2, 0.25) is 0 Å². The van der Waals surface area contributed by atoms with Crippen LogP contribution in [0.4, 0.5) is 0 Å². The van der Waals surface area contributed by atoms with Crippen molar-refractivity contribution in [2.45, 2.75) is 19.9 Å². The number of aliphatic hydroxyl groups is 1. The Bertz CT molecular complexity index is 236. The van der Waals surface area contributed by atoms with Gasteiger partial charge in [0.15, 0.2) is 0 Å². The minimum atomic E-state index is -3.39. The minimum Gasteiger partial charge on any atom is -0.395 e. The fourth-order valence-electron chi connectivity index (χ4n) is 0.948. The molecule has 0 aromatic heterocycles. The summed E-state index contributed by atoms with van der Waals surface area (Å²) in [5, 5.41) is 8.71. The van der Waals surface area contributed by atoms with Gasteiger partial charge in [0.25, 0.3) is 10.2 Å². The molecule has 0 spiro atoms. The second-order valence-corrected chi connectivity index (χ2v) is 5.31. The van der Waals surface area contributed by atoms with E-state index >= 15 is 0 Å². The quantitative estimate of drug-likeness (QED) is 0.665. The molecule has 13 heavy (non-hydrogen) atoms. The summed E-state index contributed by atoms with van der Waals surface area (Å²) in [5.74, 6) is 0. The van der Waals surface area contributed by atoms with E-state index in [0.717, 1.165) is 4.31 Å². The first-order chi connectivity index (χ1) is 5.84. The van der Waals surface area contributed by atoms with Gasteiger partial charge in [-0.15, -0.1) is 0 Å². The van der Waals surface area contributed by atoms with Crippen LogP contribution in [0, 0.1) is 0 Å². The summed E-state index contributed by atoms with van der Waals surface area (Å²) in [6.45, 7) is 3.52. The second-order valence-electron chi connectivity index (χ2n) is 3.22. The Morgan fingerprint density at radius 2 is 1.77 bits per heavy atom. The van der Waals surface area contributed by atoms with Crippen LogP contribution in [0.25, 0.3) is 0 Å². The molecule has 80 valence electrons. The van der Waals surface area contributed by atoms with E-state index in [9.17, 15) is 8.42 Å². The van der Waals surface area contributed by atoms with Gasteiger partial charge in [0, 0.05) is 26.7 Å². The summed E-state index contributed by atoms with van der Waals surface area (Å²) in [5.41, 5.74) is 0. The van der Waals surface area contributed by atoms with E-state index in [2.05, 4.69) is 0 Å². The van der Waals surface area contributed by atoms with Gasteiger partial charge in [-0.05, 0) is 13.8 Å². The fourth-order valence-corrected chi connectivity index (χ4v) is 2.21. The van der Waals surface area contributed by atoms with Crippen molar-refractivity contribution >= 4 is 10.2 Å². The van der Waals surface area contributed by atoms with Crippen LogP contribution in [-0.4, -0.2) is 55.4 Å². The molecule has 1 N–H and O–H groups in total. The Labute approximate surface area is 80.1 Å². The molecule has 0 amide bonds. The van der Waals surface area contributed by atoms with Crippen LogP contribution in [0.1, 0.15) is 13.8 Å². The van der Waals surface area contributed by atoms with Gasteiger partial charge >= 0.3 is 0 Å². The van der Waals surface area contributed by atoms with Crippen LogP contribution in [0.5, 0.6) is 0 Å². The molecule has 0 aliphatic rings. The van der Waals surface area contributed by atoms with E-state index < -0.39 is 10.2 Å². The molecule has 0 fully saturated rings. The average Bonchev–Trinajstić information content (AvgIpc) is 1.98. The molecule has 0 unspecified atom stereocenters. The molecule has 0 bridgehead atoms. The van der Waals surface area contributed by atoms with Gasteiger partial charge in [0.2, 0.25) is 0 Å². The topological polar surface area (TPSA) is 60.9 Å². The molecule has 0 aliphatic heterocycles. The van der Waals surface area contributed by atoms with Crippen molar-refractivity contribution in [1.29, 1.82) is 0 Å². The first-order valence-electron chi connectivity index (χ1n) is 4.14. The van der Waals surface area contributed by atoms with E-state index in [1.54, 1.807) is 13.8 Å². The Kier molecular flexibility index (Phi) is 4.83. The van der Waals surface area contributed by atoms with Gasteiger partial charge in [-0.3, -0.25) is 0 Å². The van der Waals surface area contributed by atoms with Crippen LogP contribution in [-0.2, 0) is 10.2 Å². The summed E-state index contributed by atoms with van der Waals surface area (Å²) < 4.78 is 25.6. The molecule has 0 saturated heterocycles. The van der Waals surface area contributed by atoms with Crippen LogP contribution in [0.15, 0.2) is 0 Å². The monoisotopic (exact) mass is 210 g/mol. The van der Waals surface area contributed by atoms with Crippen molar-refractivity contribution in [2.24, 2.45) is 0 Å². The zero-order valence-corrected chi connectivity index (χ0v) is 9.37. The van der Waals surface area contributed by atoms with Crippen LogP contribution >= 0.6 is 0 Å². The van der Waals surface area contributed by atoms with Crippen molar-refractivity contribution < 1.29 is 13.5 Å². The average molecular weight is 210 g/mol. The molecule has 0 saturated carbocycles. The van der Waals surface area contributed by atoms with Gasteiger partial charge in [0.05, 0.1) is 6.61 Å². The molecular weight excluding hydrogens is 192 g/mol. The number of nitrogens with zero attached hydrogens (tertiary/aromatic N) is 2. The maximum atomic E-state index is 11.6. The highest BCUT2D eigenvalue weighted by Gasteiger charge is 2.26. The van der Waals surface area contributed by atoms with E-state index in [4.69, 9.17) is 5.11 Å². The molecule has 0 aromatic rings. The third-order valence-corrected chi connectivity index (χ3v) is 3.77. The molecule has 0 heterocycles. The Morgan fingerprint density at radius 3 is 2.00 bits per heavy atom. The Hall–Kier alpha value is -0.170. The minimum absolute atomic E-state index is 0.137. The number of hydrogen-bond acceptors (Lipinski definition) is 3. The SMILES string of the molecule is CC(C)N(CCO)S(=O)(=O)N(C)C. The highest BCUT2D eigenvalue weighted by molar-refractivity contribution is 7.86. The van der Waals surface area contributed by atoms with Gasteiger partial charge in [-0.25, -0.2) is 0 Å². The van der Waals surface area contributed by atoms with Crippen molar-refractivity contribution in [3.8, 4) is 0 Å². The lowest BCUT2D eigenvalue weighted by Gasteiger charge is -2.27. The van der Waals surface area contributed by atoms with E-state index in [-0.39, 0.29) is 19.2 Å². The number of hydrogen-bond donors (Lipinski definition) is 1. The third kappa shape index (κ3) is 3.22. The van der Waals surface area contributed by atoms with E-state index in [1.807, 2.05) is 0 Å². The predicted octanol–water partition coefficient (Wildman–Crippen LogP) is -0.504. The molecule has 0 rings (SSSR count). The van der Waals surface area contributed by atoms with Gasteiger partial charge in [-0.1, -0.05) is 0 Å². The highest BCUT2D eigenvalue weighted by Crippen LogP contribution is 2.08. The lowest BCUT2D eigenvalue weighted by atomic mass is 10.4. The first-order valence-corrected chi connectivity index (χ1v) is 5.54.